The Bertz CT molecular complexity index is 572. The Labute approximate surface area is 106 Å². The van der Waals surface area contributed by atoms with Gasteiger partial charge in [-0.15, -0.1) is 0 Å². The molecule has 0 spiro atoms. The monoisotopic (exact) mass is 247 g/mol. The Hall–Kier alpha value is -1.81. The van der Waals surface area contributed by atoms with Gasteiger partial charge >= 0.3 is 5.97 Å². The quantitative estimate of drug-likeness (QED) is 0.883. The van der Waals surface area contributed by atoms with Crippen LogP contribution in [0.2, 0.25) is 0 Å². The minimum Gasteiger partial charge on any atom is -0.478 e. The zero-order chi connectivity index (χ0) is 13.1. The predicted molar refractivity (Wildman–Crippen MR) is 69.9 cm³/mol. The summed E-state index contributed by atoms with van der Waals surface area (Å²) < 4.78 is 7.43. The van der Waals surface area contributed by atoms with Gasteiger partial charge in [0.15, 0.2) is 0 Å². The van der Waals surface area contributed by atoms with E-state index in [1.807, 2.05) is 30.5 Å². The minimum atomic E-state index is -0.892. The van der Waals surface area contributed by atoms with Crippen molar-refractivity contribution in [2.45, 2.75) is 27.0 Å². The molecule has 0 aliphatic heterocycles. The van der Waals surface area contributed by atoms with E-state index in [9.17, 15) is 9.90 Å². The standard InChI is InChI=1S/C14H17NO3/c1-3-15-11(9-18-4-2)8-10-6-5-7-12(13(10)15)14(16)17/h5-8H,3-4,9H2,1-2H3,(H,16,17). The molecule has 1 N–H and O–H groups in total. The van der Waals surface area contributed by atoms with Gasteiger partial charge in [-0.05, 0) is 26.0 Å². The number of benzene rings is 1. The summed E-state index contributed by atoms with van der Waals surface area (Å²) in [5.41, 5.74) is 2.14. The van der Waals surface area contributed by atoms with Crippen molar-refractivity contribution in [3.8, 4) is 0 Å². The molecule has 1 heterocycles. The first-order valence-electron chi connectivity index (χ1n) is 6.11. The number of aryl methyl sites for hydroxylation is 1. The van der Waals surface area contributed by atoms with E-state index in [1.54, 1.807) is 12.1 Å². The normalized spacial score (nSPS) is 11.0. The van der Waals surface area contributed by atoms with E-state index in [-0.39, 0.29) is 0 Å². The molecular formula is C14H17NO3. The molecule has 4 heteroatoms. The maximum Gasteiger partial charge on any atom is 0.337 e. The lowest BCUT2D eigenvalue weighted by atomic mass is 10.1. The van der Waals surface area contributed by atoms with Crippen molar-refractivity contribution in [3.63, 3.8) is 0 Å². The highest BCUT2D eigenvalue weighted by Gasteiger charge is 2.15. The van der Waals surface area contributed by atoms with E-state index in [4.69, 9.17) is 4.74 Å². The van der Waals surface area contributed by atoms with Crippen molar-refractivity contribution in [1.82, 2.24) is 4.57 Å². The van der Waals surface area contributed by atoms with E-state index >= 15 is 0 Å². The maximum atomic E-state index is 11.3. The first kappa shape index (κ1) is 12.6. The fraction of sp³-hybridized carbons (Fsp3) is 0.357. The number of para-hydroxylation sites is 1. The number of carboxylic acids is 1. The third kappa shape index (κ3) is 2.11. The average Bonchev–Trinajstić information content (AvgIpc) is 2.73. The van der Waals surface area contributed by atoms with Crippen LogP contribution in [0.15, 0.2) is 24.3 Å². The molecule has 1 aromatic carbocycles. The second-order valence-electron chi connectivity index (χ2n) is 4.07. The van der Waals surface area contributed by atoms with Crippen molar-refractivity contribution in [1.29, 1.82) is 0 Å². The second kappa shape index (κ2) is 5.23. The van der Waals surface area contributed by atoms with Crippen LogP contribution in [0.3, 0.4) is 0 Å². The third-order valence-electron chi connectivity index (χ3n) is 3.01. The highest BCUT2D eigenvalue weighted by atomic mass is 16.5. The Morgan fingerprint density at radius 1 is 1.39 bits per heavy atom. The average molecular weight is 247 g/mol. The Balaban J connectivity index is 2.62. The number of carboxylic acid groups (broad SMARTS) is 1. The second-order valence-corrected chi connectivity index (χ2v) is 4.07. The van der Waals surface area contributed by atoms with Crippen molar-refractivity contribution in [3.05, 3.63) is 35.5 Å². The lowest BCUT2D eigenvalue weighted by Crippen LogP contribution is -2.06. The summed E-state index contributed by atoms with van der Waals surface area (Å²) >= 11 is 0. The number of carbonyl (C=O) groups is 1. The predicted octanol–water partition coefficient (Wildman–Crippen LogP) is 2.90. The van der Waals surface area contributed by atoms with Gasteiger partial charge in [0.05, 0.1) is 17.7 Å². The molecule has 0 aliphatic carbocycles. The zero-order valence-corrected chi connectivity index (χ0v) is 10.6. The van der Waals surface area contributed by atoms with Crippen LogP contribution in [0.5, 0.6) is 0 Å². The summed E-state index contributed by atoms with van der Waals surface area (Å²) in [7, 11) is 0. The zero-order valence-electron chi connectivity index (χ0n) is 10.6. The molecule has 96 valence electrons. The lowest BCUT2D eigenvalue weighted by molar-refractivity contribution is 0.0698. The van der Waals surface area contributed by atoms with Crippen LogP contribution in [0.4, 0.5) is 0 Å². The number of ether oxygens (including phenoxy) is 1. The highest BCUT2D eigenvalue weighted by Crippen LogP contribution is 2.24. The van der Waals surface area contributed by atoms with Gasteiger partial charge in [0, 0.05) is 24.2 Å². The van der Waals surface area contributed by atoms with Gasteiger partial charge in [0.2, 0.25) is 0 Å². The number of hydrogen-bond donors (Lipinski definition) is 1. The molecule has 0 amide bonds. The molecule has 0 aliphatic rings. The first-order valence-corrected chi connectivity index (χ1v) is 6.11. The van der Waals surface area contributed by atoms with E-state index in [0.717, 1.165) is 23.1 Å². The molecule has 18 heavy (non-hydrogen) atoms. The minimum absolute atomic E-state index is 0.345. The van der Waals surface area contributed by atoms with Gasteiger partial charge in [-0.2, -0.15) is 0 Å². The molecule has 0 saturated carbocycles. The third-order valence-corrected chi connectivity index (χ3v) is 3.01. The maximum absolute atomic E-state index is 11.3. The number of aromatic carboxylic acids is 1. The number of nitrogens with zero attached hydrogens (tertiary/aromatic N) is 1. The molecule has 0 unspecified atom stereocenters. The van der Waals surface area contributed by atoms with Gasteiger partial charge in [-0.25, -0.2) is 4.79 Å². The van der Waals surface area contributed by atoms with E-state index in [2.05, 4.69) is 0 Å². The molecule has 2 rings (SSSR count). The lowest BCUT2D eigenvalue weighted by Gasteiger charge is -2.09. The van der Waals surface area contributed by atoms with Crippen molar-refractivity contribution in [2.24, 2.45) is 0 Å². The summed E-state index contributed by atoms with van der Waals surface area (Å²) in [4.78, 5) is 11.3. The largest absolute Gasteiger partial charge is 0.478 e. The van der Waals surface area contributed by atoms with Gasteiger partial charge in [-0.1, -0.05) is 12.1 Å². The molecular weight excluding hydrogens is 230 g/mol. The van der Waals surface area contributed by atoms with Gasteiger partial charge in [0.25, 0.3) is 0 Å². The van der Waals surface area contributed by atoms with Crippen LogP contribution in [0, 0.1) is 0 Å². The fourth-order valence-corrected chi connectivity index (χ4v) is 2.24. The SMILES string of the molecule is CCOCc1cc2cccc(C(=O)O)c2n1CC. The van der Waals surface area contributed by atoms with Crippen LogP contribution in [0.1, 0.15) is 29.9 Å². The van der Waals surface area contributed by atoms with Crippen LogP contribution < -0.4 is 0 Å². The van der Waals surface area contributed by atoms with Crippen LogP contribution in [-0.2, 0) is 17.9 Å². The molecule has 0 bridgehead atoms. The Kier molecular flexibility index (Phi) is 3.67. The smallest absolute Gasteiger partial charge is 0.337 e. The fourth-order valence-electron chi connectivity index (χ4n) is 2.24. The van der Waals surface area contributed by atoms with Gasteiger partial charge < -0.3 is 14.4 Å². The summed E-state index contributed by atoms with van der Waals surface area (Å²) in [6.45, 7) is 5.85. The highest BCUT2D eigenvalue weighted by molar-refractivity contribution is 6.02. The van der Waals surface area contributed by atoms with Crippen LogP contribution in [-0.4, -0.2) is 22.2 Å². The number of fused-ring (bicyclic) bond motifs is 1. The van der Waals surface area contributed by atoms with Crippen LogP contribution >= 0.6 is 0 Å². The van der Waals surface area contributed by atoms with E-state index in [1.165, 1.54) is 0 Å². The summed E-state index contributed by atoms with van der Waals surface area (Å²) in [6, 6.07) is 7.35. The van der Waals surface area contributed by atoms with Gasteiger partial charge in [0.1, 0.15) is 0 Å². The van der Waals surface area contributed by atoms with Crippen molar-refractivity contribution >= 4 is 16.9 Å². The van der Waals surface area contributed by atoms with Crippen molar-refractivity contribution < 1.29 is 14.6 Å². The number of hydrogen-bond acceptors (Lipinski definition) is 2. The molecule has 0 fully saturated rings. The van der Waals surface area contributed by atoms with E-state index in [0.29, 0.717) is 18.8 Å². The Morgan fingerprint density at radius 3 is 2.78 bits per heavy atom. The molecule has 0 atom stereocenters. The number of aromatic nitrogens is 1. The Morgan fingerprint density at radius 2 is 2.17 bits per heavy atom. The van der Waals surface area contributed by atoms with E-state index < -0.39 is 5.97 Å². The van der Waals surface area contributed by atoms with Crippen LogP contribution in [0.25, 0.3) is 10.9 Å². The summed E-state index contributed by atoms with van der Waals surface area (Å²) in [6.07, 6.45) is 0. The molecule has 0 radical (unpaired) electrons. The molecule has 0 saturated heterocycles. The first-order chi connectivity index (χ1) is 8.69. The van der Waals surface area contributed by atoms with Crippen molar-refractivity contribution in [2.75, 3.05) is 6.61 Å². The number of rotatable bonds is 5. The van der Waals surface area contributed by atoms with Gasteiger partial charge in [-0.3, -0.25) is 0 Å². The molecule has 1 aromatic heterocycles. The molecule has 2 aromatic rings. The topological polar surface area (TPSA) is 51.5 Å². The summed E-state index contributed by atoms with van der Waals surface area (Å²) in [5, 5.41) is 10.2. The molecule has 4 nitrogen and oxygen atoms in total. The summed E-state index contributed by atoms with van der Waals surface area (Å²) in [5.74, 6) is -0.892.